The monoisotopic (exact) mass is 1000 g/mol. The summed E-state index contributed by atoms with van der Waals surface area (Å²) in [6, 6.07) is -0.632. The standard InChI is InChI=1S/C65H125NO5/c1-3-5-7-9-11-13-15-17-19-21-22-23-26-29-33-37-41-45-49-53-57-63(68)62(61-67)66-64(69)58-54-50-46-42-38-34-30-27-24-25-28-32-36-40-44-48-52-56-60-71-65(70)59-55-51-47-43-39-35-31-20-18-16-14-12-10-8-6-4-2/h20,31,53,57,62-63,67-68H,3-19,21-30,32-52,54-56,58-61H2,1-2H3,(H,66,69)/b31-20-,57-53+. The summed E-state index contributed by atoms with van der Waals surface area (Å²) in [5.41, 5.74) is 0. The first-order chi connectivity index (χ1) is 35.0. The van der Waals surface area contributed by atoms with Gasteiger partial charge >= 0.3 is 5.97 Å². The van der Waals surface area contributed by atoms with E-state index < -0.39 is 12.1 Å². The maximum absolute atomic E-state index is 12.5. The number of carbonyl (C=O) groups excluding carboxylic acids is 2. The summed E-state index contributed by atoms with van der Waals surface area (Å²) >= 11 is 0. The predicted octanol–water partition coefficient (Wildman–Crippen LogP) is 20.2. The average Bonchev–Trinajstić information content (AvgIpc) is 3.37. The van der Waals surface area contributed by atoms with E-state index >= 15 is 0 Å². The molecule has 0 aromatic carbocycles. The molecule has 2 atom stereocenters. The number of esters is 1. The third-order valence-corrected chi connectivity index (χ3v) is 15.0. The number of amides is 1. The van der Waals surface area contributed by atoms with Crippen molar-refractivity contribution in [2.24, 2.45) is 0 Å². The highest BCUT2D eigenvalue weighted by Gasteiger charge is 2.18. The van der Waals surface area contributed by atoms with Gasteiger partial charge in [0.2, 0.25) is 5.91 Å². The van der Waals surface area contributed by atoms with E-state index in [1.165, 1.54) is 283 Å². The van der Waals surface area contributed by atoms with Crippen LogP contribution in [0.5, 0.6) is 0 Å². The van der Waals surface area contributed by atoms with E-state index in [9.17, 15) is 19.8 Å². The van der Waals surface area contributed by atoms with Gasteiger partial charge in [0.15, 0.2) is 0 Å². The molecule has 0 heterocycles. The first-order valence-corrected chi connectivity index (χ1v) is 32.1. The van der Waals surface area contributed by atoms with Crippen molar-refractivity contribution in [3.05, 3.63) is 24.3 Å². The quantitative estimate of drug-likeness (QED) is 0.0320. The van der Waals surface area contributed by atoms with Crippen molar-refractivity contribution < 1.29 is 24.5 Å². The number of ether oxygens (including phenoxy) is 1. The Morgan fingerprint density at radius 2 is 0.662 bits per heavy atom. The number of allylic oxidation sites excluding steroid dienone is 3. The highest BCUT2D eigenvalue weighted by Crippen LogP contribution is 2.18. The first kappa shape index (κ1) is 69.3. The Bertz CT molecular complexity index is 1110. The van der Waals surface area contributed by atoms with Crippen molar-refractivity contribution in [1.82, 2.24) is 5.32 Å². The van der Waals surface area contributed by atoms with Gasteiger partial charge in [0.05, 0.1) is 25.4 Å². The molecule has 420 valence electrons. The van der Waals surface area contributed by atoms with Crippen LogP contribution in [0.1, 0.15) is 354 Å². The predicted molar refractivity (Wildman–Crippen MR) is 310 cm³/mol. The van der Waals surface area contributed by atoms with Gasteiger partial charge < -0.3 is 20.3 Å². The molecule has 6 heteroatoms. The number of hydrogen-bond donors (Lipinski definition) is 3. The summed E-state index contributed by atoms with van der Waals surface area (Å²) in [6.45, 7) is 4.92. The Balaban J connectivity index is 3.43. The van der Waals surface area contributed by atoms with Crippen LogP contribution in [0.15, 0.2) is 24.3 Å². The molecule has 0 spiro atoms. The topological polar surface area (TPSA) is 95.9 Å². The highest BCUT2D eigenvalue weighted by atomic mass is 16.5. The van der Waals surface area contributed by atoms with Crippen LogP contribution in [0.4, 0.5) is 0 Å². The minimum Gasteiger partial charge on any atom is -0.466 e. The minimum atomic E-state index is -0.848. The molecule has 0 radical (unpaired) electrons. The van der Waals surface area contributed by atoms with Gasteiger partial charge in [0.25, 0.3) is 0 Å². The molecular weight excluding hydrogens is 875 g/mol. The van der Waals surface area contributed by atoms with Crippen molar-refractivity contribution in [2.75, 3.05) is 13.2 Å². The summed E-state index contributed by atoms with van der Waals surface area (Å²) in [6.07, 6.45) is 75.0. The molecule has 3 N–H and O–H groups in total. The molecule has 0 aliphatic carbocycles. The summed E-state index contributed by atoms with van der Waals surface area (Å²) in [5, 5.41) is 23.2. The van der Waals surface area contributed by atoms with E-state index in [4.69, 9.17) is 4.74 Å². The van der Waals surface area contributed by atoms with Gasteiger partial charge in [-0.2, -0.15) is 0 Å². The summed E-state index contributed by atoms with van der Waals surface area (Å²) in [4.78, 5) is 24.6. The van der Waals surface area contributed by atoms with E-state index in [0.29, 0.717) is 19.4 Å². The molecule has 0 fully saturated rings. The van der Waals surface area contributed by atoms with Gasteiger partial charge in [-0.15, -0.1) is 0 Å². The fourth-order valence-electron chi connectivity index (χ4n) is 10.0. The zero-order chi connectivity index (χ0) is 51.4. The van der Waals surface area contributed by atoms with Crippen molar-refractivity contribution >= 4 is 11.9 Å². The zero-order valence-corrected chi connectivity index (χ0v) is 48.0. The number of unbranched alkanes of at least 4 members (excludes halogenated alkanes) is 47. The molecule has 0 aliphatic rings. The fourth-order valence-corrected chi connectivity index (χ4v) is 10.0. The number of aliphatic hydroxyl groups excluding tert-OH is 2. The lowest BCUT2D eigenvalue weighted by molar-refractivity contribution is -0.143. The molecule has 2 unspecified atom stereocenters. The number of aliphatic hydroxyl groups is 2. The van der Waals surface area contributed by atoms with E-state index in [1.54, 1.807) is 6.08 Å². The van der Waals surface area contributed by atoms with Crippen molar-refractivity contribution in [3.8, 4) is 0 Å². The second-order valence-electron chi connectivity index (χ2n) is 22.1. The molecule has 0 aromatic rings. The highest BCUT2D eigenvalue weighted by molar-refractivity contribution is 5.76. The molecule has 0 aromatic heterocycles. The van der Waals surface area contributed by atoms with E-state index in [1.807, 2.05) is 6.08 Å². The fraction of sp³-hybridized carbons (Fsp3) is 0.908. The maximum Gasteiger partial charge on any atom is 0.305 e. The van der Waals surface area contributed by atoms with E-state index in [2.05, 4.69) is 31.3 Å². The molecule has 6 nitrogen and oxygen atoms in total. The smallest absolute Gasteiger partial charge is 0.305 e. The van der Waals surface area contributed by atoms with Crippen LogP contribution in [0.3, 0.4) is 0 Å². The summed E-state index contributed by atoms with van der Waals surface area (Å²) < 4.78 is 5.49. The summed E-state index contributed by atoms with van der Waals surface area (Å²) in [7, 11) is 0. The van der Waals surface area contributed by atoms with Gasteiger partial charge in [0, 0.05) is 12.8 Å². The Kier molecular flexibility index (Phi) is 59.5. The minimum absolute atomic E-state index is 0.000208. The number of nitrogens with one attached hydrogen (secondary N) is 1. The van der Waals surface area contributed by atoms with Crippen LogP contribution >= 0.6 is 0 Å². The lowest BCUT2D eigenvalue weighted by atomic mass is 10.0. The van der Waals surface area contributed by atoms with Crippen LogP contribution in [0.2, 0.25) is 0 Å². The van der Waals surface area contributed by atoms with Gasteiger partial charge in [-0.05, 0) is 57.8 Å². The maximum atomic E-state index is 12.5. The third-order valence-electron chi connectivity index (χ3n) is 15.0. The van der Waals surface area contributed by atoms with Gasteiger partial charge in [-0.3, -0.25) is 9.59 Å². The van der Waals surface area contributed by atoms with Crippen LogP contribution < -0.4 is 5.32 Å². The Hall–Kier alpha value is -1.66. The SMILES string of the molecule is CCCCCCCCC/C=C\CCCCCCCC(=O)OCCCCCCCCCCCCCCCCCCCCC(=O)NC(CO)C(O)/C=C/CCCCCCCCCCCCCCCCCCCC. The first-order valence-electron chi connectivity index (χ1n) is 32.1. The van der Waals surface area contributed by atoms with Crippen molar-refractivity contribution in [3.63, 3.8) is 0 Å². The Labute approximate surface area is 443 Å². The molecule has 0 aliphatic heterocycles. The third kappa shape index (κ3) is 57.5. The lowest BCUT2D eigenvalue weighted by Gasteiger charge is -2.20. The largest absolute Gasteiger partial charge is 0.466 e. The van der Waals surface area contributed by atoms with Gasteiger partial charge in [-0.1, -0.05) is 308 Å². The molecule has 1 amide bonds. The van der Waals surface area contributed by atoms with Crippen LogP contribution in [0, 0.1) is 0 Å². The van der Waals surface area contributed by atoms with Gasteiger partial charge in [-0.25, -0.2) is 0 Å². The molecule has 0 bridgehead atoms. The molecule has 0 saturated heterocycles. The summed E-state index contributed by atoms with van der Waals surface area (Å²) in [5.74, 6) is -0.0692. The van der Waals surface area contributed by atoms with Crippen LogP contribution in [0.25, 0.3) is 0 Å². The molecule has 0 saturated carbocycles. The lowest BCUT2D eigenvalue weighted by Crippen LogP contribution is -2.45. The van der Waals surface area contributed by atoms with E-state index in [-0.39, 0.29) is 18.5 Å². The molecule has 0 rings (SSSR count). The zero-order valence-electron chi connectivity index (χ0n) is 48.0. The van der Waals surface area contributed by atoms with Crippen LogP contribution in [-0.2, 0) is 14.3 Å². The van der Waals surface area contributed by atoms with Crippen LogP contribution in [-0.4, -0.2) is 47.4 Å². The molecular formula is C65H125NO5. The second kappa shape index (κ2) is 60.9. The normalized spacial score (nSPS) is 12.7. The Morgan fingerprint density at radius 1 is 0.380 bits per heavy atom. The number of rotatable bonds is 60. The van der Waals surface area contributed by atoms with Crippen molar-refractivity contribution in [1.29, 1.82) is 0 Å². The second-order valence-corrected chi connectivity index (χ2v) is 22.1. The average molecular weight is 1000 g/mol. The van der Waals surface area contributed by atoms with Crippen molar-refractivity contribution in [2.45, 2.75) is 366 Å². The van der Waals surface area contributed by atoms with Gasteiger partial charge in [0.1, 0.15) is 0 Å². The Morgan fingerprint density at radius 3 is 1.00 bits per heavy atom. The van der Waals surface area contributed by atoms with E-state index in [0.717, 1.165) is 44.9 Å². The number of carbonyl (C=O) groups is 2. The number of hydrogen-bond acceptors (Lipinski definition) is 5. The molecule has 71 heavy (non-hydrogen) atoms.